The van der Waals surface area contributed by atoms with E-state index in [1.54, 1.807) is 12.3 Å². The van der Waals surface area contributed by atoms with Crippen LogP contribution in [0.5, 0.6) is 17.6 Å². The van der Waals surface area contributed by atoms with Crippen LogP contribution in [0.3, 0.4) is 0 Å². The van der Waals surface area contributed by atoms with Crippen LogP contribution in [0, 0.1) is 5.82 Å². The van der Waals surface area contributed by atoms with Gasteiger partial charge < -0.3 is 25.6 Å². The number of methoxy groups -OCH3 is 2. The second-order valence-corrected chi connectivity index (χ2v) is 8.98. The van der Waals surface area contributed by atoms with Gasteiger partial charge in [0.2, 0.25) is 5.88 Å². The maximum atomic E-state index is 16.2. The first kappa shape index (κ1) is 23.8. The van der Waals surface area contributed by atoms with Crippen molar-refractivity contribution in [1.29, 1.82) is 0 Å². The molecule has 1 atom stereocenters. The molecule has 0 spiro atoms. The molecule has 4 aromatic rings. The number of nitrogens with zero attached hydrogens (tertiary/aromatic N) is 4. The molecule has 36 heavy (non-hydrogen) atoms. The monoisotopic (exact) mass is 510 g/mol. The highest BCUT2D eigenvalue weighted by atomic mass is 35.5. The van der Waals surface area contributed by atoms with E-state index in [1.165, 1.54) is 26.4 Å². The molecule has 1 fully saturated rings. The Morgan fingerprint density at radius 3 is 2.64 bits per heavy atom. The number of anilines is 2. The Morgan fingerprint density at radius 2 is 1.97 bits per heavy atom. The first-order valence-corrected chi connectivity index (χ1v) is 11.7. The number of benzene rings is 1. The lowest BCUT2D eigenvalue weighted by Gasteiger charge is -2.20. The summed E-state index contributed by atoms with van der Waals surface area (Å²) < 4.78 is 27.0. The molecule has 0 radical (unpaired) electrons. The molecule has 1 aliphatic carbocycles. The normalized spacial score (nSPS) is 14.0. The van der Waals surface area contributed by atoms with Crippen molar-refractivity contribution in [3.8, 4) is 28.9 Å². The van der Waals surface area contributed by atoms with Crippen LogP contribution in [0.4, 0.5) is 16.0 Å². The van der Waals surface area contributed by atoms with Crippen LogP contribution in [0.1, 0.15) is 42.9 Å². The molecule has 0 saturated heterocycles. The van der Waals surface area contributed by atoms with Gasteiger partial charge in [-0.05, 0) is 49.4 Å². The number of phenolic OH excluding ortho intramolecular Hbond substituents is 1. The molecular formula is C25H24ClFN6O3. The number of aromatic nitrogens is 4. The summed E-state index contributed by atoms with van der Waals surface area (Å²) in [5.41, 5.74) is 7.81. The Labute approximate surface area is 211 Å². The SMILES string of the molecule is COc1nc(NC(C)c2cccnc2N)c2c(OC)nc(-c3cc(O)cc(Cl)c3C3CC3)c(F)c2n1. The molecule has 0 bridgehead atoms. The zero-order valence-corrected chi connectivity index (χ0v) is 20.6. The molecule has 0 amide bonds. The third-order valence-corrected chi connectivity index (χ3v) is 6.47. The van der Waals surface area contributed by atoms with Crippen molar-refractivity contribution in [2.75, 3.05) is 25.3 Å². The number of pyridine rings is 2. The van der Waals surface area contributed by atoms with Crippen LogP contribution >= 0.6 is 11.6 Å². The van der Waals surface area contributed by atoms with Gasteiger partial charge in [-0.1, -0.05) is 17.7 Å². The third kappa shape index (κ3) is 4.17. The molecule has 1 aromatic carbocycles. The highest BCUT2D eigenvalue weighted by Gasteiger charge is 2.32. The Hall–Kier alpha value is -3.92. The number of rotatable bonds is 7. The first-order chi connectivity index (χ1) is 17.3. The van der Waals surface area contributed by atoms with Gasteiger partial charge in [-0.2, -0.15) is 9.97 Å². The van der Waals surface area contributed by atoms with Gasteiger partial charge in [-0.25, -0.2) is 14.4 Å². The minimum Gasteiger partial charge on any atom is -0.508 e. The van der Waals surface area contributed by atoms with Crippen molar-refractivity contribution in [2.45, 2.75) is 31.7 Å². The summed E-state index contributed by atoms with van der Waals surface area (Å²) in [6, 6.07) is 6.12. The fourth-order valence-corrected chi connectivity index (χ4v) is 4.68. The number of fused-ring (bicyclic) bond motifs is 1. The molecular weight excluding hydrogens is 487 g/mol. The number of nitrogens with two attached hydrogens (primary N) is 1. The Balaban J connectivity index is 1.73. The van der Waals surface area contributed by atoms with Crippen molar-refractivity contribution in [2.24, 2.45) is 0 Å². The van der Waals surface area contributed by atoms with Gasteiger partial charge in [0.05, 0.1) is 20.3 Å². The third-order valence-electron chi connectivity index (χ3n) is 6.15. The number of nitrogens with one attached hydrogen (secondary N) is 1. The van der Waals surface area contributed by atoms with Crippen molar-refractivity contribution in [3.63, 3.8) is 0 Å². The van der Waals surface area contributed by atoms with Crippen LogP contribution in [0.15, 0.2) is 30.5 Å². The molecule has 3 heterocycles. The van der Waals surface area contributed by atoms with Gasteiger partial charge in [0.25, 0.3) is 0 Å². The predicted octanol–water partition coefficient (Wildman–Crippen LogP) is 5.23. The lowest BCUT2D eigenvalue weighted by Crippen LogP contribution is -2.13. The lowest BCUT2D eigenvalue weighted by molar-refractivity contribution is 0.380. The fourth-order valence-electron chi connectivity index (χ4n) is 4.31. The van der Waals surface area contributed by atoms with Gasteiger partial charge in [0, 0.05) is 22.3 Å². The summed E-state index contributed by atoms with van der Waals surface area (Å²) in [5.74, 6) is 0.0587. The fraction of sp³-hybridized carbons (Fsp3) is 0.280. The summed E-state index contributed by atoms with van der Waals surface area (Å²) in [7, 11) is 2.82. The zero-order valence-electron chi connectivity index (χ0n) is 19.8. The van der Waals surface area contributed by atoms with Crippen LogP contribution in [-0.2, 0) is 0 Å². The van der Waals surface area contributed by atoms with E-state index in [-0.39, 0.29) is 52.0 Å². The predicted molar refractivity (Wildman–Crippen MR) is 135 cm³/mol. The van der Waals surface area contributed by atoms with Gasteiger partial charge in [0.15, 0.2) is 5.82 Å². The zero-order chi connectivity index (χ0) is 25.6. The summed E-state index contributed by atoms with van der Waals surface area (Å²) in [6.45, 7) is 1.87. The van der Waals surface area contributed by atoms with E-state index < -0.39 is 5.82 Å². The highest BCUT2D eigenvalue weighted by molar-refractivity contribution is 6.32. The molecule has 1 unspecified atom stereocenters. The number of nitrogen functional groups attached to an aromatic ring is 1. The second kappa shape index (κ2) is 9.27. The summed E-state index contributed by atoms with van der Waals surface area (Å²) >= 11 is 6.45. The Kier molecular flexibility index (Phi) is 6.13. The average molecular weight is 511 g/mol. The number of hydrogen-bond donors (Lipinski definition) is 3. The van der Waals surface area contributed by atoms with E-state index in [4.69, 9.17) is 26.8 Å². The first-order valence-electron chi connectivity index (χ1n) is 11.3. The number of phenols is 1. The summed E-state index contributed by atoms with van der Waals surface area (Å²) in [4.78, 5) is 17.3. The van der Waals surface area contributed by atoms with Gasteiger partial charge >= 0.3 is 6.01 Å². The minimum absolute atomic E-state index is 0.0321. The molecule has 4 N–H and O–H groups in total. The summed E-state index contributed by atoms with van der Waals surface area (Å²) in [6.07, 6.45) is 3.44. The maximum absolute atomic E-state index is 16.2. The molecule has 186 valence electrons. The lowest BCUT2D eigenvalue weighted by atomic mass is 9.98. The second-order valence-electron chi connectivity index (χ2n) is 8.57. The number of aromatic hydroxyl groups is 1. The van der Waals surface area contributed by atoms with Crippen molar-refractivity contribution in [1.82, 2.24) is 19.9 Å². The van der Waals surface area contributed by atoms with Crippen LogP contribution < -0.4 is 20.5 Å². The molecule has 1 saturated carbocycles. The van der Waals surface area contributed by atoms with E-state index in [0.29, 0.717) is 16.4 Å². The number of halogens is 2. The smallest absolute Gasteiger partial charge is 0.318 e. The molecule has 5 rings (SSSR count). The van der Waals surface area contributed by atoms with Gasteiger partial charge in [0.1, 0.15) is 34.0 Å². The molecule has 9 nitrogen and oxygen atoms in total. The van der Waals surface area contributed by atoms with Crippen LogP contribution in [-0.4, -0.2) is 39.3 Å². The average Bonchev–Trinajstić information content (AvgIpc) is 3.69. The van der Waals surface area contributed by atoms with E-state index in [1.807, 2.05) is 13.0 Å². The number of ether oxygens (including phenoxy) is 2. The van der Waals surface area contributed by atoms with E-state index in [2.05, 4.69) is 25.3 Å². The topological polar surface area (TPSA) is 128 Å². The Morgan fingerprint density at radius 1 is 1.19 bits per heavy atom. The maximum Gasteiger partial charge on any atom is 0.318 e. The van der Waals surface area contributed by atoms with Crippen LogP contribution in [0.2, 0.25) is 5.02 Å². The molecule has 11 heteroatoms. The molecule has 3 aromatic heterocycles. The number of hydrogen-bond acceptors (Lipinski definition) is 9. The largest absolute Gasteiger partial charge is 0.508 e. The summed E-state index contributed by atoms with van der Waals surface area (Å²) in [5, 5.41) is 14.1. The van der Waals surface area contributed by atoms with Crippen molar-refractivity contribution in [3.05, 3.63) is 52.4 Å². The van der Waals surface area contributed by atoms with E-state index in [0.717, 1.165) is 24.0 Å². The Bertz CT molecular complexity index is 1480. The highest BCUT2D eigenvalue weighted by Crippen LogP contribution is 2.50. The molecule has 0 aliphatic heterocycles. The molecule has 1 aliphatic rings. The van der Waals surface area contributed by atoms with Crippen LogP contribution in [0.25, 0.3) is 22.2 Å². The quantitative estimate of drug-likeness (QED) is 0.306. The van der Waals surface area contributed by atoms with E-state index >= 15 is 4.39 Å². The van der Waals surface area contributed by atoms with Crippen molar-refractivity contribution < 1.29 is 19.0 Å². The van der Waals surface area contributed by atoms with Gasteiger partial charge in [-0.15, -0.1) is 0 Å². The minimum atomic E-state index is -0.716. The van der Waals surface area contributed by atoms with Crippen molar-refractivity contribution >= 4 is 34.1 Å². The standard InChI is InChI=1S/C25H24ClFN6O3/c1-11(14-5-4-8-29-22(14)28)30-23-18-21(32-25(33-23)36-3)19(27)20(31-24(18)35-2)15-9-13(34)10-16(26)17(15)12-6-7-12/h4-5,8-12,34H,6-7H2,1-3H3,(H2,28,29)(H,30,32,33). The van der Waals surface area contributed by atoms with Gasteiger partial charge in [-0.3, -0.25) is 0 Å². The van der Waals surface area contributed by atoms with E-state index in [9.17, 15) is 5.11 Å².